The summed E-state index contributed by atoms with van der Waals surface area (Å²) in [5.41, 5.74) is 6.48. The Labute approximate surface area is 132 Å². The predicted octanol–water partition coefficient (Wildman–Crippen LogP) is 4.37. The highest BCUT2D eigenvalue weighted by atomic mass is 79.9. The molecule has 2 N–H and O–H groups in total. The number of nitrogens with two attached hydrogens (primary N) is 1. The minimum absolute atomic E-state index is 0.0379. The maximum Gasteiger partial charge on any atom is 0.274 e. The van der Waals surface area contributed by atoms with Crippen LogP contribution in [-0.2, 0) is 6.54 Å². The van der Waals surface area contributed by atoms with E-state index in [4.69, 9.17) is 10.5 Å². The van der Waals surface area contributed by atoms with Gasteiger partial charge in [0.25, 0.3) is 5.69 Å². The average molecular weight is 402 g/mol. The first-order valence-corrected chi connectivity index (χ1v) is 7.19. The first-order valence-electron chi connectivity index (χ1n) is 5.61. The SMILES string of the molecule is NCc1ccc(Oc2cc(Br)cc([N+](=O)[O-])c2)c(Br)c1. The maximum absolute atomic E-state index is 10.8. The zero-order valence-electron chi connectivity index (χ0n) is 10.2. The van der Waals surface area contributed by atoms with Crippen LogP contribution in [0.4, 0.5) is 5.69 Å². The van der Waals surface area contributed by atoms with Crippen molar-refractivity contribution in [3.05, 3.63) is 61.0 Å². The molecule has 0 radical (unpaired) electrons. The molecule has 0 aliphatic heterocycles. The smallest absolute Gasteiger partial charge is 0.274 e. The van der Waals surface area contributed by atoms with E-state index >= 15 is 0 Å². The van der Waals surface area contributed by atoms with Crippen LogP contribution in [0, 0.1) is 10.1 Å². The average Bonchev–Trinajstić information content (AvgIpc) is 2.40. The molecule has 2 rings (SSSR count). The molecule has 104 valence electrons. The van der Waals surface area contributed by atoms with Gasteiger partial charge in [-0.3, -0.25) is 10.1 Å². The molecule has 0 saturated heterocycles. The van der Waals surface area contributed by atoms with E-state index in [-0.39, 0.29) is 5.69 Å². The lowest BCUT2D eigenvalue weighted by Crippen LogP contribution is -1.96. The summed E-state index contributed by atoms with van der Waals surface area (Å²) in [6.45, 7) is 0.432. The topological polar surface area (TPSA) is 78.4 Å². The summed E-state index contributed by atoms with van der Waals surface area (Å²) in [5.74, 6) is 0.946. The molecule has 0 unspecified atom stereocenters. The van der Waals surface area contributed by atoms with E-state index in [1.165, 1.54) is 12.1 Å². The number of benzene rings is 2. The fraction of sp³-hybridized carbons (Fsp3) is 0.0769. The summed E-state index contributed by atoms with van der Waals surface area (Å²) in [4.78, 5) is 10.3. The number of ether oxygens (including phenoxy) is 1. The van der Waals surface area contributed by atoms with Gasteiger partial charge in [-0.05, 0) is 39.7 Å². The molecule has 0 saturated carbocycles. The molecule has 2 aromatic carbocycles. The molecule has 0 atom stereocenters. The molecule has 2 aromatic rings. The molecule has 0 fully saturated rings. The number of hydrogen-bond donors (Lipinski definition) is 1. The second kappa shape index (κ2) is 6.34. The Hall–Kier alpha value is -1.44. The Balaban J connectivity index is 2.32. The van der Waals surface area contributed by atoms with Crippen LogP contribution < -0.4 is 10.5 Å². The summed E-state index contributed by atoms with van der Waals surface area (Å²) in [6, 6.07) is 9.90. The molecule has 0 spiro atoms. The minimum Gasteiger partial charge on any atom is -0.456 e. The van der Waals surface area contributed by atoms with Gasteiger partial charge in [-0.2, -0.15) is 0 Å². The van der Waals surface area contributed by atoms with Crippen molar-refractivity contribution in [3.63, 3.8) is 0 Å². The van der Waals surface area contributed by atoms with Crippen molar-refractivity contribution in [1.82, 2.24) is 0 Å². The van der Waals surface area contributed by atoms with Gasteiger partial charge < -0.3 is 10.5 Å². The number of nitro benzene ring substituents is 1. The molecule has 0 aromatic heterocycles. The third-order valence-corrected chi connectivity index (χ3v) is 3.60. The maximum atomic E-state index is 10.8. The summed E-state index contributed by atoms with van der Waals surface area (Å²) in [6.07, 6.45) is 0. The summed E-state index contributed by atoms with van der Waals surface area (Å²) in [7, 11) is 0. The van der Waals surface area contributed by atoms with Crippen molar-refractivity contribution in [2.24, 2.45) is 5.73 Å². The number of halogens is 2. The van der Waals surface area contributed by atoms with E-state index in [1.807, 2.05) is 12.1 Å². The lowest BCUT2D eigenvalue weighted by molar-refractivity contribution is -0.385. The third kappa shape index (κ3) is 3.56. The van der Waals surface area contributed by atoms with Crippen molar-refractivity contribution in [3.8, 4) is 11.5 Å². The van der Waals surface area contributed by atoms with Crippen LogP contribution >= 0.6 is 31.9 Å². The summed E-state index contributed by atoms with van der Waals surface area (Å²) < 4.78 is 6.98. The predicted molar refractivity (Wildman–Crippen MR) is 82.9 cm³/mol. The van der Waals surface area contributed by atoms with Crippen LogP contribution in [-0.4, -0.2) is 4.92 Å². The highest BCUT2D eigenvalue weighted by Crippen LogP contribution is 2.33. The second-order valence-corrected chi connectivity index (χ2v) is 5.74. The second-order valence-electron chi connectivity index (χ2n) is 3.97. The zero-order chi connectivity index (χ0) is 14.7. The molecule has 7 heteroatoms. The highest BCUT2D eigenvalue weighted by Gasteiger charge is 2.11. The first kappa shape index (κ1) is 15.0. The molecular formula is C13H10Br2N2O3. The van der Waals surface area contributed by atoms with Gasteiger partial charge in [0.15, 0.2) is 0 Å². The van der Waals surface area contributed by atoms with Gasteiger partial charge in [0.05, 0.1) is 15.5 Å². The number of hydrogen-bond acceptors (Lipinski definition) is 4. The van der Waals surface area contributed by atoms with Crippen LogP contribution in [0.2, 0.25) is 0 Å². The minimum atomic E-state index is -0.468. The van der Waals surface area contributed by atoms with E-state index in [2.05, 4.69) is 31.9 Å². The highest BCUT2D eigenvalue weighted by molar-refractivity contribution is 9.10. The Morgan fingerprint density at radius 3 is 2.55 bits per heavy atom. The number of non-ortho nitro benzene ring substituents is 1. The Kier molecular flexibility index (Phi) is 4.74. The molecule has 20 heavy (non-hydrogen) atoms. The summed E-state index contributed by atoms with van der Waals surface area (Å²) in [5, 5.41) is 10.8. The van der Waals surface area contributed by atoms with Crippen molar-refractivity contribution in [2.45, 2.75) is 6.54 Å². The van der Waals surface area contributed by atoms with Gasteiger partial charge in [0.2, 0.25) is 0 Å². The van der Waals surface area contributed by atoms with Gasteiger partial charge in [0.1, 0.15) is 11.5 Å². The van der Waals surface area contributed by atoms with Crippen molar-refractivity contribution < 1.29 is 9.66 Å². The fourth-order valence-electron chi connectivity index (χ4n) is 1.59. The fourth-order valence-corrected chi connectivity index (χ4v) is 2.56. The van der Waals surface area contributed by atoms with Crippen LogP contribution in [0.3, 0.4) is 0 Å². The molecule has 0 aliphatic rings. The molecule has 0 aliphatic carbocycles. The lowest BCUT2D eigenvalue weighted by atomic mass is 10.2. The van der Waals surface area contributed by atoms with E-state index in [0.29, 0.717) is 22.5 Å². The first-order chi connectivity index (χ1) is 9.49. The number of nitrogens with zero attached hydrogens (tertiary/aromatic N) is 1. The van der Waals surface area contributed by atoms with Crippen LogP contribution in [0.5, 0.6) is 11.5 Å². The van der Waals surface area contributed by atoms with Crippen molar-refractivity contribution in [2.75, 3.05) is 0 Å². The Bertz CT molecular complexity index is 662. The lowest BCUT2D eigenvalue weighted by Gasteiger charge is -2.09. The number of rotatable bonds is 4. The van der Waals surface area contributed by atoms with Crippen molar-refractivity contribution >= 4 is 37.5 Å². The van der Waals surface area contributed by atoms with Crippen LogP contribution in [0.15, 0.2) is 45.3 Å². The van der Waals surface area contributed by atoms with Gasteiger partial charge in [-0.15, -0.1) is 0 Å². The molecule has 0 heterocycles. The largest absolute Gasteiger partial charge is 0.456 e. The van der Waals surface area contributed by atoms with E-state index in [0.717, 1.165) is 10.0 Å². The van der Waals surface area contributed by atoms with Crippen LogP contribution in [0.25, 0.3) is 0 Å². The van der Waals surface area contributed by atoms with Crippen molar-refractivity contribution in [1.29, 1.82) is 0 Å². The molecule has 5 nitrogen and oxygen atoms in total. The Morgan fingerprint density at radius 1 is 1.20 bits per heavy atom. The van der Waals surface area contributed by atoms with E-state index in [1.54, 1.807) is 12.1 Å². The number of nitro groups is 1. The summed E-state index contributed by atoms with van der Waals surface area (Å²) >= 11 is 6.61. The monoisotopic (exact) mass is 400 g/mol. The van der Waals surface area contributed by atoms with Gasteiger partial charge >= 0.3 is 0 Å². The molecule has 0 bridgehead atoms. The standard InChI is InChI=1S/C13H10Br2N2O3/c14-9-4-10(17(18)19)6-11(5-9)20-13-2-1-8(7-16)3-12(13)15/h1-6H,7,16H2. The molecule has 0 amide bonds. The third-order valence-electron chi connectivity index (χ3n) is 2.53. The van der Waals surface area contributed by atoms with Gasteiger partial charge in [0, 0.05) is 17.1 Å². The van der Waals surface area contributed by atoms with E-state index in [9.17, 15) is 10.1 Å². The normalized spacial score (nSPS) is 10.3. The van der Waals surface area contributed by atoms with Gasteiger partial charge in [-0.1, -0.05) is 22.0 Å². The molecular weight excluding hydrogens is 392 g/mol. The van der Waals surface area contributed by atoms with E-state index < -0.39 is 4.92 Å². The van der Waals surface area contributed by atoms with Crippen LogP contribution in [0.1, 0.15) is 5.56 Å². The van der Waals surface area contributed by atoms with Gasteiger partial charge in [-0.25, -0.2) is 0 Å². The zero-order valence-corrected chi connectivity index (χ0v) is 13.3. The Morgan fingerprint density at radius 2 is 1.95 bits per heavy atom. The quantitative estimate of drug-likeness (QED) is 0.609.